The molecule has 1 aromatic carbocycles. The fraction of sp³-hybridized carbons (Fsp3) is 0.111. The summed E-state index contributed by atoms with van der Waals surface area (Å²) in [4.78, 5) is 32.3. The number of anilines is 1. The van der Waals surface area contributed by atoms with E-state index in [0.717, 1.165) is 16.5 Å². The van der Waals surface area contributed by atoms with Gasteiger partial charge in [-0.3, -0.25) is 19.6 Å². The van der Waals surface area contributed by atoms with Crippen molar-refractivity contribution < 1.29 is 9.59 Å². The Labute approximate surface area is 138 Å². The van der Waals surface area contributed by atoms with Gasteiger partial charge in [0.1, 0.15) is 0 Å². The van der Waals surface area contributed by atoms with Gasteiger partial charge < -0.3 is 10.6 Å². The Balaban J connectivity index is 1.66. The Morgan fingerprint density at radius 2 is 1.88 bits per heavy atom. The van der Waals surface area contributed by atoms with Crippen LogP contribution in [0, 0.1) is 0 Å². The van der Waals surface area contributed by atoms with E-state index in [0.29, 0.717) is 5.69 Å². The fourth-order valence-corrected chi connectivity index (χ4v) is 2.32. The van der Waals surface area contributed by atoms with Crippen molar-refractivity contribution in [3.63, 3.8) is 0 Å². The van der Waals surface area contributed by atoms with Crippen LogP contribution >= 0.6 is 0 Å². The molecule has 1 atom stereocenters. The predicted octanol–water partition coefficient (Wildman–Crippen LogP) is 2.45. The van der Waals surface area contributed by atoms with Gasteiger partial charge >= 0.3 is 11.8 Å². The van der Waals surface area contributed by atoms with E-state index in [1.54, 1.807) is 49.8 Å². The molecule has 0 saturated carbocycles. The largest absolute Gasteiger partial charge is 0.341 e. The molecule has 0 spiro atoms. The van der Waals surface area contributed by atoms with Gasteiger partial charge in [-0.05, 0) is 42.8 Å². The number of aromatic nitrogens is 2. The first-order chi connectivity index (χ1) is 11.6. The SMILES string of the molecule is C[C@H](NC(=O)C(=O)Nc1ccc2ncccc2c1)c1cccnc1. The van der Waals surface area contributed by atoms with E-state index in [4.69, 9.17) is 0 Å². The third-order valence-corrected chi connectivity index (χ3v) is 3.60. The van der Waals surface area contributed by atoms with Gasteiger partial charge in [0, 0.05) is 29.7 Å². The predicted molar refractivity (Wildman–Crippen MR) is 91.2 cm³/mol. The lowest BCUT2D eigenvalue weighted by molar-refractivity contribution is -0.136. The van der Waals surface area contributed by atoms with Crippen LogP contribution in [0.15, 0.2) is 61.1 Å². The molecule has 3 rings (SSSR count). The van der Waals surface area contributed by atoms with Gasteiger partial charge in [0.05, 0.1) is 11.6 Å². The molecule has 0 aliphatic rings. The van der Waals surface area contributed by atoms with Crippen molar-refractivity contribution in [3.8, 4) is 0 Å². The first-order valence-corrected chi connectivity index (χ1v) is 7.50. The fourth-order valence-electron chi connectivity index (χ4n) is 2.32. The highest BCUT2D eigenvalue weighted by Gasteiger charge is 2.17. The van der Waals surface area contributed by atoms with Gasteiger partial charge in [-0.2, -0.15) is 0 Å². The van der Waals surface area contributed by atoms with E-state index in [1.807, 2.05) is 18.2 Å². The average molecular weight is 320 g/mol. The molecule has 0 aliphatic heterocycles. The van der Waals surface area contributed by atoms with Crippen LogP contribution in [-0.2, 0) is 9.59 Å². The molecule has 120 valence electrons. The minimum Gasteiger partial charge on any atom is -0.341 e. The molecule has 0 radical (unpaired) electrons. The molecule has 6 heteroatoms. The first kappa shape index (κ1) is 15.6. The Morgan fingerprint density at radius 1 is 1.04 bits per heavy atom. The van der Waals surface area contributed by atoms with Crippen molar-refractivity contribution in [2.45, 2.75) is 13.0 Å². The molecule has 0 saturated heterocycles. The standard InChI is InChI=1S/C18H16N4O2/c1-12(14-5-2-8-19-11-14)21-17(23)18(24)22-15-6-7-16-13(10-15)4-3-9-20-16/h2-12H,1H3,(H,21,23)(H,22,24)/t12-/m0/s1. The summed E-state index contributed by atoms with van der Waals surface area (Å²) in [5.74, 6) is -1.41. The van der Waals surface area contributed by atoms with E-state index in [9.17, 15) is 9.59 Å². The monoisotopic (exact) mass is 320 g/mol. The number of nitrogens with zero attached hydrogens (tertiary/aromatic N) is 2. The molecule has 3 aromatic rings. The zero-order valence-corrected chi connectivity index (χ0v) is 13.1. The van der Waals surface area contributed by atoms with Gasteiger partial charge in [-0.25, -0.2) is 0 Å². The summed E-state index contributed by atoms with van der Waals surface area (Å²) >= 11 is 0. The molecule has 0 bridgehead atoms. The normalized spacial score (nSPS) is 11.7. The number of nitrogens with one attached hydrogen (secondary N) is 2. The molecule has 2 amide bonds. The van der Waals surface area contributed by atoms with Crippen LogP contribution in [0.25, 0.3) is 10.9 Å². The topological polar surface area (TPSA) is 84.0 Å². The van der Waals surface area contributed by atoms with Crippen molar-refractivity contribution in [1.29, 1.82) is 0 Å². The quantitative estimate of drug-likeness (QED) is 0.726. The van der Waals surface area contributed by atoms with Gasteiger partial charge in [0.15, 0.2) is 0 Å². The van der Waals surface area contributed by atoms with Crippen LogP contribution in [0.1, 0.15) is 18.5 Å². The molecule has 2 aromatic heterocycles. The molecule has 0 aliphatic carbocycles. The van der Waals surface area contributed by atoms with E-state index >= 15 is 0 Å². The maximum atomic E-state index is 12.1. The summed E-state index contributed by atoms with van der Waals surface area (Å²) in [6.45, 7) is 1.80. The number of carbonyl (C=O) groups is 2. The Bertz CT molecular complexity index is 880. The van der Waals surface area contributed by atoms with Crippen molar-refractivity contribution in [2.75, 3.05) is 5.32 Å². The summed E-state index contributed by atoms with van der Waals surface area (Å²) in [6.07, 6.45) is 5.01. The third kappa shape index (κ3) is 3.55. The highest BCUT2D eigenvalue weighted by atomic mass is 16.2. The molecule has 0 fully saturated rings. The van der Waals surface area contributed by atoms with Gasteiger partial charge in [0.2, 0.25) is 0 Å². The first-order valence-electron chi connectivity index (χ1n) is 7.50. The maximum absolute atomic E-state index is 12.1. The number of hydrogen-bond donors (Lipinski definition) is 2. The summed E-state index contributed by atoms with van der Waals surface area (Å²) in [5.41, 5.74) is 2.20. The summed E-state index contributed by atoms with van der Waals surface area (Å²) < 4.78 is 0. The van der Waals surface area contributed by atoms with Crippen LogP contribution in [0.4, 0.5) is 5.69 Å². The van der Waals surface area contributed by atoms with E-state index in [-0.39, 0.29) is 6.04 Å². The maximum Gasteiger partial charge on any atom is 0.313 e. The molecular formula is C18H16N4O2. The second-order valence-electron chi connectivity index (χ2n) is 5.35. The minimum atomic E-state index is -0.714. The molecule has 6 nitrogen and oxygen atoms in total. The number of pyridine rings is 2. The van der Waals surface area contributed by atoms with Crippen LogP contribution in [-0.4, -0.2) is 21.8 Å². The third-order valence-electron chi connectivity index (χ3n) is 3.60. The second-order valence-corrected chi connectivity index (χ2v) is 5.35. The number of fused-ring (bicyclic) bond motifs is 1. The smallest absolute Gasteiger partial charge is 0.313 e. The van der Waals surface area contributed by atoms with Crippen molar-refractivity contribution in [1.82, 2.24) is 15.3 Å². The summed E-state index contributed by atoms with van der Waals surface area (Å²) in [6, 6.07) is 12.3. The number of rotatable bonds is 3. The lowest BCUT2D eigenvalue weighted by Crippen LogP contribution is -2.36. The van der Waals surface area contributed by atoms with Crippen molar-refractivity contribution in [3.05, 3.63) is 66.6 Å². The number of carbonyl (C=O) groups excluding carboxylic acids is 2. The molecule has 2 heterocycles. The van der Waals surface area contributed by atoms with Crippen LogP contribution < -0.4 is 10.6 Å². The number of benzene rings is 1. The molecule has 0 unspecified atom stereocenters. The van der Waals surface area contributed by atoms with E-state index in [1.165, 1.54) is 0 Å². The van der Waals surface area contributed by atoms with E-state index < -0.39 is 11.8 Å². The van der Waals surface area contributed by atoms with Crippen molar-refractivity contribution >= 4 is 28.4 Å². The lowest BCUT2D eigenvalue weighted by atomic mass is 10.1. The lowest BCUT2D eigenvalue weighted by Gasteiger charge is -2.13. The zero-order valence-electron chi connectivity index (χ0n) is 13.1. The molecule has 24 heavy (non-hydrogen) atoms. The van der Waals surface area contributed by atoms with E-state index in [2.05, 4.69) is 20.6 Å². The Kier molecular flexibility index (Phi) is 4.47. The van der Waals surface area contributed by atoms with Crippen LogP contribution in [0.2, 0.25) is 0 Å². The van der Waals surface area contributed by atoms with Gasteiger partial charge in [-0.15, -0.1) is 0 Å². The Hall–Kier alpha value is -3.28. The number of hydrogen-bond acceptors (Lipinski definition) is 4. The van der Waals surface area contributed by atoms with Gasteiger partial charge in [-0.1, -0.05) is 12.1 Å². The second kappa shape index (κ2) is 6.87. The molecular weight excluding hydrogens is 304 g/mol. The zero-order chi connectivity index (χ0) is 16.9. The highest BCUT2D eigenvalue weighted by molar-refractivity contribution is 6.39. The Morgan fingerprint density at radius 3 is 2.67 bits per heavy atom. The minimum absolute atomic E-state index is 0.308. The van der Waals surface area contributed by atoms with Crippen LogP contribution in [0.3, 0.4) is 0 Å². The van der Waals surface area contributed by atoms with Gasteiger partial charge in [0.25, 0.3) is 0 Å². The van der Waals surface area contributed by atoms with Crippen LogP contribution in [0.5, 0.6) is 0 Å². The van der Waals surface area contributed by atoms with Crippen molar-refractivity contribution in [2.24, 2.45) is 0 Å². The average Bonchev–Trinajstić information content (AvgIpc) is 2.62. The summed E-state index contributed by atoms with van der Waals surface area (Å²) in [5, 5.41) is 6.13. The summed E-state index contributed by atoms with van der Waals surface area (Å²) in [7, 11) is 0. The number of amides is 2. The molecule has 2 N–H and O–H groups in total. The highest BCUT2D eigenvalue weighted by Crippen LogP contribution is 2.17.